The molecule has 0 amide bonds. The van der Waals surface area contributed by atoms with Crippen molar-refractivity contribution in [2.45, 2.75) is 6.54 Å². The molecule has 0 saturated heterocycles. The number of nitrogens with zero attached hydrogens (tertiary/aromatic N) is 5. The Balaban J connectivity index is 0.00000218. The number of anilines is 2. The standard InChI is InChI=1S/C22H21N7.H2/c1-28(2)14-20-24-17-12-11-15(13-18(17)25-20)19-9-6-10-21-26-22(27-29(19)21)23-16-7-4-3-5-8-16;/h3-13H,14H2,1-2H3,(H,23,27)(H,24,25);1H. The number of H-pyrrole nitrogens is 1. The zero-order valence-electron chi connectivity index (χ0n) is 16.3. The lowest BCUT2D eigenvalue weighted by Gasteiger charge is -2.05. The highest BCUT2D eigenvalue weighted by atomic mass is 15.4. The van der Waals surface area contributed by atoms with Crippen molar-refractivity contribution in [1.82, 2.24) is 29.5 Å². The Bertz CT molecular complexity index is 1290. The fourth-order valence-electron chi connectivity index (χ4n) is 3.42. The van der Waals surface area contributed by atoms with E-state index in [0.29, 0.717) is 5.95 Å². The first-order chi connectivity index (χ1) is 14.2. The summed E-state index contributed by atoms with van der Waals surface area (Å²) in [4.78, 5) is 14.8. The van der Waals surface area contributed by atoms with Crippen LogP contribution in [0.2, 0.25) is 0 Å². The Morgan fingerprint density at radius 1 is 1.00 bits per heavy atom. The molecule has 0 spiro atoms. The van der Waals surface area contributed by atoms with Gasteiger partial charge in [0.15, 0.2) is 5.65 Å². The van der Waals surface area contributed by atoms with Crippen LogP contribution in [0.5, 0.6) is 0 Å². The summed E-state index contributed by atoms with van der Waals surface area (Å²) in [6.45, 7) is 0.775. The summed E-state index contributed by atoms with van der Waals surface area (Å²) in [6.07, 6.45) is 0. The molecule has 5 aromatic rings. The number of hydrogen-bond acceptors (Lipinski definition) is 5. The number of fused-ring (bicyclic) bond motifs is 2. The molecule has 2 N–H and O–H groups in total. The number of hydrogen-bond donors (Lipinski definition) is 2. The molecule has 3 aromatic heterocycles. The summed E-state index contributed by atoms with van der Waals surface area (Å²) in [5.74, 6) is 1.52. The average molecular weight is 385 g/mol. The van der Waals surface area contributed by atoms with Crippen LogP contribution in [-0.4, -0.2) is 43.6 Å². The molecular formula is C22H23N7. The molecule has 2 aromatic carbocycles. The molecule has 146 valence electrons. The molecule has 7 nitrogen and oxygen atoms in total. The van der Waals surface area contributed by atoms with Gasteiger partial charge >= 0.3 is 0 Å². The van der Waals surface area contributed by atoms with Crippen LogP contribution >= 0.6 is 0 Å². The normalized spacial score (nSPS) is 11.6. The third kappa shape index (κ3) is 3.43. The molecular weight excluding hydrogens is 362 g/mol. The Morgan fingerprint density at radius 2 is 1.86 bits per heavy atom. The summed E-state index contributed by atoms with van der Waals surface area (Å²) in [5.41, 5.74) is 5.75. The molecule has 0 fully saturated rings. The van der Waals surface area contributed by atoms with E-state index >= 15 is 0 Å². The quantitative estimate of drug-likeness (QED) is 0.471. The minimum Gasteiger partial charge on any atom is -0.341 e. The minimum absolute atomic E-state index is 0. The number of rotatable bonds is 5. The van der Waals surface area contributed by atoms with Crippen molar-refractivity contribution in [3.8, 4) is 11.3 Å². The maximum absolute atomic E-state index is 4.67. The predicted molar refractivity (Wildman–Crippen MR) is 117 cm³/mol. The maximum atomic E-state index is 4.67. The number of para-hydroxylation sites is 1. The number of benzene rings is 2. The molecule has 0 aliphatic rings. The van der Waals surface area contributed by atoms with Crippen LogP contribution in [0, 0.1) is 0 Å². The van der Waals surface area contributed by atoms with Gasteiger partial charge in [0, 0.05) is 12.7 Å². The van der Waals surface area contributed by atoms with E-state index in [9.17, 15) is 0 Å². The van der Waals surface area contributed by atoms with Gasteiger partial charge < -0.3 is 15.2 Å². The molecule has 0 bridgehead atoms. The van der Waals surface area contributed by atoms with Crippen molar-refractivity contribution in [1.29, 1.82) is 0 Å². The van der Waals surface area contributed by atoms with Crippen LogP contribution in [-0.2, 0) is 6.54 Å². The highest BCUT2D eigenvalue weighted by molar-refractivity contribution is 5.81. The molecule has 7 heteroatoms. The lowest BCUT2D eigenvalue weighted by Crippen LogP contribution is -2.11. The second-order valence-corrected chi connectivity index (χ2v) is 7.26. The molecule has 0 atom stereocenters. The molecule has 0 radical (unpaired) electrons. The van der Waals surface area contributed by atoms with Crippen molar-refractivity contribution in [2.75, 3.05) is 19.4 Å². The monoisotopic (exact) mass is 385 g/mol. The summed E-state index contributed by atoms with van der Waals surface area (Å²) >= 11 is 0. The molecule has 0 aliphatic carbocycles. The van der Waals surface area contributed by atoms with E-state index in [-0.39, 0.29) is 1.43 Å². The van der Waals surface area contributed by atoms with Gasteiger partial charge in [0.25, 0.3) is 0 Å². The zero-order chi connectivity index (χ0) is 19.8. The number of nitrogens with one attached hydrogen (secondary N) is 2. The number of pyridine rings is 1. The zero-order valence-corrected chi connectivity index (χ0v) is 16.3. The van der Waals surface area contributed by atoms with Crippen molar-refractivity contribution in [3.63, 3.8) is 0 Å². The van der Waals surface area contributed by atoms with Gasteiger partial charge in [0.2, 0.25) is 5.95 Å². The lowest BCUT2D eigenvalue weighted by molar-refractivity contribution is 0.392. The summed E-state index contributed by atoms with van der Waals surface area (Å²) in [6, 6.07) is 22.2. The van der Waals surface area contributed by atoms with E-state index < -0.39 is 0 Å². The van der Waals surface area contributed by atoms with Gasteiger partial charge in [-0.25, -0.2) is 9.50 Å². The van der Waals surface area contributed by atoms with E-state index in [1.807, 2.05) is 73.2 Å². The number of imidazole rings is 1. The summed E-state index contributed by atoms with van der Waals surface area (Å²) < 4.78 is 1.86. The fraction of sp³-hybridized carbons (Fsp3) is 0.136. The SMILES string of the molecule is CN(C)Cc1nc2ccc(-c3cccc4nc(Nc5ccccc5)nn34)cc2[nH]1.[HH]. The Morgan fingerprint density at radius 3 is 2.69 bits per heavy atom. The summed E-state index contributed by atoms with van der Waals surface area (Å²) in [5, 5.41) is 7.93. The van der Waals surface area contributed by atoms with E-state index in [4.69, 9.17) is 0 Å². The van der Waals surface area contributed by atoms with Crippen LogP contribution in [0.15, 0.2) is 66.7 Å². The van der Waals surface area contributed by atoms with E-state index in [1.54, 1.807) is 0 Å². The first-order valence-electron chi connectivity index (χ1n) is 9.47. The van der Waals surface area contributed by atoms with Crippen molar-refractivity contribution in [2.24, 2.45) is 0 Å². The van der Waals surface area contributed by atoms with Crippen LogP contribution in [0.25, 0.3) is 27.9 Å². The van der Waals surface area contributed by atoms with Crippen molar-refractivity contribution >= 4 is 28.3 Å². The van der Waals surface area contributed by atoms with Crippen molar-refractivity contribution < 1.29 is 1.43 Å². The second kappa shape index (κ2) is 7.03. The highest BCUT2D eigenvalue weighted by Crippen LogP contribution is 2.25. The Kier molecular flexibility index (Phi) is 4.22. The van der Waals surface area contributed by atoms with Crippen molar-refractivity contribution in [3.05, 3.63) is 72.6 Å². The predicted octanol–water partition coefficient (Wildman–Crippen LogP) is 4.32. The largest absolute Gasteiger partial charge is 0.341 e. The van der Waals surface area contributed by atoms with Crippen LogP contribution in [0.1, 0.15) is 7.25 Å². The lowest BCUT2D eigenvalue weighted by atomic mass is 10.1. The Hall–Kier alpha value is -3.71. The molecule has 0 saturated carbocycles. The van der Waals surface area contributed by atoms with Gasteiger partial charge in [-0.3, -0.25) is 0 Å². The molecule has 29 heavy (non-hydrogen) atoms. The number of aromatic amines is 1. The topological polar surface area (TPSA) is 74.1 Å². The molecule has 0 aliphatic heterocycles. The Labute approximate surface area is 169 Å². The number of aromatic nitrogens is 5. The first-order valence-corrected chi connectivity index (χ1v) is 9.47. The fourth-order valence-corrected chi connectivity index (χ4v) is 3.42. The van der Waals surface area contributed by atoms with Gasteiger partial charge in [0.05, 0.1) is 23.3 Å². The minimum atomic E-state index is 0. The van der Waals surface area contributed by atoms with E-state index in [2.05, 4.69) is 42.4 Å². The van der Waals surface area contributed by atoms with Gasteiger partial charge in [0.1, 0.15) is 5.82 Å². The maximum Gasteiger partial charge on any atom is 0.247 e. The van der Waals surface area contributed by atoms with E-state index in [1.165, 1.54) is 0 Å². The van der Waals surface area contributed by atoms with E-state index in [0.717, 1.165) is 46.0 Å². The van der Waals surface area contributed by atoms with Gasteiger partial charge in [-0.1, -0.05) is 30.3 Å². The second-order valence-electron chi connectivity index (χ2n) is 7.26. The first kappa shape index (κ1) is 17.4. The third-order valence-electron chi connectivity index (χ3n) is 4.68. The summed E-state index contributed by atoms with van der Waals surface area (Å²) in [7, 11) is 4.07. The van der Waals surface area contributed by atoms with Gasteiger partial charge in [-0.2, -0.15) is 4.98 Å². The smallest absolute Gasteiger partial charge is 0.247 e. The molecule has 5 rings (SSSR count). The van der Waals surface area contributed by atoms with Gasteiger partial charge in [-0.05, 0) is 50.5 Å². The van der Waals surface area contributed by atoms with Gasteiger partial charge in [-0.15, -0.1) is 5.10 Å². The van der Waals surface area contributed by atoms with Crippen LogP contribution in [0.4, 0.5) is 11.6 Å². The van der Waals surface area contributed by atoms with Crippen LogP contribution < -0.4 is 5.32 Å². The molecule has 0 unspecified atom stereocenters. The molecule has 3 heterocycles. The third-order valence-corrected chi connectivity index (χ3v) is 4.68. The average Bonchev–Trinajstić information content (AvgIpc) is 3.30. The van der Waals surface area contributed by atoms with Crippen LogP contribution in [0.3, 0.4) is 0 Å². The highest BCUT2D eigenvalue weighted by Gasteiger charge is 2.11.